The van der Waals surface area contributed by atoms with Crippen molar-refractivity contribution >= 4 is 282 Å². The minimum atomic E-state index is -1.64. The summed E-state index contributed by atoms with van der Waals surface area (Å²) in [4.78, 5) is 1.68. The van der Waals surface area contributed by atoms with Gasteiger partial charge in [-0.3, -0.25) is 29.4 Å². The first-order valence-corrected chi connectivity index (χ1v) is 51.5. The maximum Gasteiger partial charge on any atom is 0.240 e. The van der Waals surface area contributed by atoms with Gasteiger partial charge in [0.15, 0.2) is 22.3 Å². The molecule has 54 heteroatoms. The number of benzene rings is 6. The summed E-state index contributed by atoms with van der Waals surface area (Å²) in [6.45, 7) is 75.1. The van der Waals surface area contributed by atoms with Gasteiger partial charge in [0.1, 0.15) is 76.3 Å². The summed E-state index contributed by atoms with van der Waals surface area (Å²) in [5, 5.41) is 229. The second-order valence-electron chi connectivity index (χ2n) is 27.8. The predicted molar refractivity (Wildman–Crippen MR) is 639 cm³/mol. The van der Waals surface area contributed by atoms with E-state index in [9.17, 15) is 93.1 Å². The lowest BCUT2D eigenvalue weighted by atomic mass is 10.1. The Kier molecular flexibility index (Phi) is 103. The molecule has 24 N–H and O–H groups in total. The Morgan fingerprint density at radius 2 is 0.354 bits per heavy atom. The van der Waals surface area contributed by atoms with Crippen molar-refractivity contribution in [1.82, 2.24) is 58.3 Å². The van der Waals surface area contributed by atoms with Crippen LogP contribution in [0.3, 0.4) is 0 Å². The highest BCUT2D eigenvalue weighted by Crippen LogP contribution is 2.54. The zero-order valence-corrected chi connectivity index (χ0v) is 106. The predicted octanol–water partition coefficient (Wildman–Crippen LogP) is 24.9. The molecule has 0 unspecified atom stereocenters. The minimum Gasteiger partial charge on any atom is -0.505 e. The number of rotatable bonds is 33. The number of aliphatic hydroxyl groups is 9. The molecular formula is C93H150Br9Cl9N12O24+6. The molecule has 6 aromatic carbocycles. The Morgan fingerprint density at radius 1 is 0.190 bits per heavy atom. The maximum absolute atomic E-state index is 10.1. The molecular weight excluding hydrogens is 2710 g/mol. The highest BCUT2D eigenvalue weighted by molar-refractivity contribution is 9.12. The summed E-state index contributed by atoms with van der Waals surface area (Å²) in [7, 11) is 17.3. The Bertz CT molecular complexity index is 4300. The van der Waals surface area contributed by atoms with Gasteiger partial charge < -0.3 is 61.3 Å². The number of phenolic OH excluding ortho intramolecular Hbond substituents is 3. The number of phenols is 3. The van der Waals surface area contributed by atoms with Crippen LogP contribution in [0.4, 0.5) is 34.1 Å². The van der Waals surface area contributed by atoms with E-state index in [4.69, 9.17) is 135 Å². The van der Waals surface area contributed by atoms with Gasteiger partial charge in [0.25, 0.3) is 0 Å². The molecule has 0 saturated heterocycles. The van der Waals surface area contributed by atoms with Gasteiger partial charge in [0.2, 0.25) is 34.1 Å². The molecule has 147 heavy (non-hydrogen) atoms. The molecule has 6 rings (SSSR count). The van der Waals surface area contributed by atoms with E-state index in [1.54, 1.807) is 54.8 Å². The molecule has 0 heterocycles. The highest BCUT2D eigenvalue weighted by atomic mass is 79.9. The second kappa shape index (κ2) is 89.2. The molecule has 0 aliphatic heterocycles. The fourth-order valence-corrected chi connectivity index (χ4v) is 23.4. The second-order valence-corrected chi connectivity index (χ2v) is 38.4. The van der Waals surface area contributed by atoms with Crippen LogP contribution in [0, 0.1) is 0 Å². The molecule has 0 fully saturated rings. The first-order valence-electron chi connectivity index (χ1n) is 41.0. The van der Waals surface area contributed by atoms with Gasteiger partial charge in [0, 0.05) is 133 Å². The molecule has 0 amide bonds. The molecule has 0 bridgehead atoms. The normalized spacial score (nSPS) is 10.6. The smallest absolute Gasteiger partial charge is 0.240 e. The van der Waals surface area contributed by atoms with Crippen LogP contribution in [-0.4, -0.2) is 317 Å². The van der Waals surface area contributed by atoms with Crippen LogP contribution < -0.4 is 28.9 Å². The van der Waals surface area contributed by atoms with Crippen LogP contribution >= 0.6 is 248 Å². The highest BCUT2D eigenvalue weighted by Gasteiger charge is 2.41. The van der Waals surface area contributed by atoms with Crippen molar-refractivity contribution in [3.8, 4) is 17.2 Å². The molecule has 846 valence electrons. The van der Waals surface area contributed by atoms with E-state index in [1.807, 2.05) is 16.8 Å². The van der Waals surface area contributed by atoms with Crippen molar-refractivity contribution in [3.63, 3.8) is 0 Å². The summed E-state index contributed by atoms with van der Waals surface area (Å²) in [6.07, 6.45) is 0. The number of hydrogen-bond donors (Lipinski definition) is 24. The lowest BCUT2D eigenvalue weighted by Gasteiger charge is -2.24. The van der Waals surface area contributed by atoms with Crippen LogP contribution in [0.5, 0.6) is 17.2 Å². The minimum absolute atomic E-state index is 0.000472. The van der Waals surface area contributed by atoms with Crippen molar-refractivity contribution in [2.24, 2.45) is 0 Å². The van der Waals surface area contributed by atoms with Crippen LogP contribution in [0.15, 0.2) is 198 Å². The number of quaternary nitrogens is 6. The summed E-state index contributed by atoms with van der Waals surface area (Å²) >= 11 is 84.5. The Morgan fingerprint density at radius 3 is 0.605 bits per heavy atom. The largest absolute Gasteiger partial charge is 0.505 e. The van der Waals surface area contributed by atoms with Crippen LogP contribution in [-0.2, 0) is 59.1 Å². The molecule has 0 aromatic heterocycles. The summed E-state index contributed by atoms with van der Waals surface area (Å²) in [5.41, 5.74) is 3.76. The monoisotopic (exact) mass is 2840 g/mol. The van der Waals surface area contributed by atoms with Crippen LogP contribution in [0.2, 0.25) is 45.2 Å². The maximum atomic E-state index is 10.1. The molecule has 36 nitrogen and oxygen atoms in total. The van der Waals surface area contributed by atoms with E-state index in [1.165, 1.54) is 7.05 Å². The quantitative estimate of drug-likeness (QED) is 0.0103. The number of aromatic hydroxyl groups is 3. The lowest BCUT2D eigenvalue weighted by molar-refractivity contribution is -0.273. The summed E-state index contributed by atoms with van der Waals surface area (Å²) < 4.78 is 3.45. The van der Waals surface area contributed by atoms with Gasteiger partial charge in [-0.25, -0.2) is 0 Å². The first kappa shape index (κ1) is 169. The third-order valence-electron chi connectivity index (χ3n) is 17.0. The molecule has 0 spiro atoms. The molecule has 0 radical (unpaired) electrons. The zero-order chi connectivity index (χ0) is 120. The number of hydrogen-bond acceptors (Lipinski definition) is 30. The van der Waals surface area contributed by atoms with E-state index >= 15 is 0 Å². The van der Waals surface area contributed by atoms with Crippen molar-refractivity contribution in [3.05, 3.63) is 293 Å². The Labute approximate surface area is 987 Å². The standard InChI is InChI=1S/C12H18Br3N2O4.C12H18BrCl2N2O4.C12H18Cl3N2O4.C11H15Br3N2O4.C11H15Br2ClN2O4.C11H15Cl3N2O4.12C2H4/c1-16(3-4-18)5-7-9(13)8(6-19)11(15)12(10(7)14)17(2,20)21;1-16(3-4-18)5-7-9(13)12(17(2,20)21)11(15)8(6-19)10(7)14;1-16(3-4-18)5-7-9(13)8(6-19)11(15)12(10(7)14)17(2,20)21;1-15(3-4-17)5-6-7(12)10(16(2,19)20)9(14)11(18)8(6)13;1-15(3-4-17)5-6-7(12)11(18)8(13)10(9(6)14)16(2,19)20;1-15(3-4-17)5-6-7(12)10(16(2,19)20)9(14)11(18)8(6)13;12*1-2/h3*18-21H,3-6H2,1-2H3;3*17,19-20H,3-5H2,1-2H3;12*1-2H2/q3*+1;;;;;;;;;;;;;;;/p+3. The summed E-state index contributed by atoms with van der Waals surface area (Å²) in [6, 6.07) is 0. The van der Waals surface area contributed by atoms with Crippen molar-refractivity contribution in [2.75, 3.05) is 163 Å². The van der Waals surface area contributed by atoms with Crippen LogP contribution in [0.1, 0.15) is 50.1 Å². The van der Waals surface area contributed by atoms with Gasteiger partial charge in [0.05, 0.1) is 101 Å². The zero-order valence-electron chi connectivity index (χ0n) is 84.7. The Balaban J connectivity index is -0.000000142. The molecule has 6 aromatic rings. The van der Waals surface area contributed by atoms with Crippen molar-refractivity contribution in [2.45, 2.75) is 59.1 Å². The number of likely N-dealkylation sites (N-methyl/N-ethyl adjacent to an activating group) is 6. The van der Waals surface area contributed by atoms with Crippen LogP contribution in [0.25, 0.3) is 0 Å². The third-order valence-corrected chi connectivity index (χ3v) is 28.3. The van der Waals surface area contributed by atoms with Gasteiger partial charge in [-0.05, 0) is 215 Å². The fourth-order valence-electron chi connectivity index (χ4n) is 10.9. The van der Waals surface area contributed by atoms with Gasteiger partial charge in [-0.1, -0.05) is 104 Å². The first-order chi connectivity index (χ1) is 68.3. The van der Waals surface area contributed by atoms with Gasteiger partial charge in [-0.15, -0.1) is 158 Å². The van der Waals surface area contributed by atoms with E-state index in [0.717, 1.165) is 40.8 Å². The average Bonchev–Trinajstić information content (AvgIpc) is 0.718. The fraction of sp³-hybridized carbons (Fsp3) is 0.355. The van der Waals surface area contributed by atoms with Crippen molar-refractivity contribution in [1.29, 1.82) is 0 Å². The number of nitrogens with zero attached hydrogens (tertiary/aromatic N) is 12. The van der Waals surface area contributed by atoms with E-state index in [2.05, 4.69) is 301 Å². The average molecular weight is 2860 g/mol. The van der Waals surface area contributed by atoms with E-state index in [-0.39, 0.29) is 176 Å². The van der Waals surface area contributed by atoms with Gasteiger partial charge >= 0.3 is 0 Å². The van der Waals surface area contributed by atoms with E-state index < -0.39 is 47.8 Å². The SMILES string of the molecule is C=C.C=C.C=C.C=C.C=C.C=C.C=C.C=C.C=C.C=C.C=C.C=C.CN(CCO)Cc1c(Br)c(CO)c(Br)c([N+](C)(O)O)c1Br.CN(CCO)Cc1c(Br)c(O)c(Br)c([N+](C)(O)O)c1Br.CN(CCO)Cc1c(Cl)c(CO)c(Cl)c([N+](C)(O)O)c1Br.CN(CCO)Cc1c(Cl)c(CO)c(Cl)c([N+](C)(O)O)c1Cl.CN(CCO)Cc1c(Cl)c(O)c(Cl)c([N+](C)(O)O)c1Cl.CN(CCO)Cc1c(Cl)c([N+](C)(O)O)c(Br)c(O)c1Br. The van der Waals surface area contributed by atoms with E-state index in [0.29, 0.717) is 125 Å². The third kappa shape index (κ3) is 56.3. The molecule has 0 aliphatic carbocycles. The summed E-state index contributed by atoms with van der Waals surface area (Å²) in [5.74, 6) is -0.778. The molecule has 0 atom stereocenters. The Hall–Kier alpha value is -2.79. The van der Waals surface area contributed by atoms with Crippen molar-refractivity contribution < 1.29 is 124 Å². The lowest BCUT2D eigenvalue weighted by Crippen LogP contribution is -2.38. The number of hydroxylamine groups is 12. The number of aliphatic hydroxyl groups excluding tert-OH is 9. The topological polar surface area (TPSA) is 505 Å². The molecule has 0 saturated carbocycles. The number of halogens is 18. The van der Waals surface area contributed by atoms with Gasteiger partial charge in [-0.2, -0.15) is 62.5 Å². The molecule has 0 aliphatic rings.